The second kappa shape index (κ2) is 4.57. The van der Waals surface area contributed by atoms with E-state index in [0.29, 0.717) is 5.69 Å². The quantitative estimate of drug-likeness (QED) is 0.717. The Hall–Kier alpha value is -2.38. The molecule has 0 bridgehead atoms. The topological polar surface area (TPSA) is 85.9 Å². The summed E-state index contributed by atoms with van der Waals surface area (Å²) in [5.41, 5.74) is 11.9. The molecule has 0 saturated carbocycles. The highest BCUT2D eigenvalue weighted by molar-refractivity contribution is 7.33. The van der Waals surface area contributed by atoms with Gasteiger partial charge in [-0.2, -0.15) is 5.12 Å². The fraction of sp³-hybridized carbons (Fsp3) is 0. The Morgan fingerprint density at radius 2 is 1.62 bits per heavy atom. The summed E-state index contributed by atoms with van der Waals surface area (Å²) >= 11 is 0. The number of para-hydroxylation sites is 4. The molecule has 0 saturated heterocycles. The summed E-state index contributed by atoms with van der Waals surface area (Å²) in [6.07, 6.45) is 0. The van der Waals surface area contributed by atoms with Crippen molar-refractivity contribution in [3.05, 3.63) is 48.5 Å². The molecular weight excluding hydrogens is 291 g/mol. The molecule has 0 radical (unpaired) electrons. The van der Waals surface area contributed by atoms with Crippen LogP contribution in [0.25, 0.3) is 0 Å². The van der Waals surface area contributed by atoms with Crippen LogP contribution in [0.15, 0.2) is 48.5 Å². The maximum atomic E-state index is 11.5. The first-order chi connectivity index (χ1) is 10.3. The van der Waals surface area contributed by atoms with E-state index in [2.05, 4.69) is 16.4 Å². The third-order valence-corrected chi connectivity index (χ3v) is 3.87. The van der Waals surface area contributed by atoms with Crippen LogP contribution >= 0.6 is 8.18 Å². The van der Waals surface area contributed by atoms with Crippen LogP contribution in [0.1, 0.15) is 0 Å². The molecule has 0 aliphatic carbocycles. The molecule has 1 unspecified atom stereocenters. The van der Waals surface area contributed by atoms with Crippen LogP contribution in [-0.4, -0.2) is 4.89 Å². The van der Waals surface area contributed by atoms with Gasteiger partial charge in [0.25, 0.3) is 0 Å². The van der Waals surface area contributed by atoms with E-state index in [4.69, 9.17) is 0 Å². The normalized spacial score (nSPS) is 17.1. The minimum Gasteiger partial charge on any atom is -0.575 e. The van der Waals surface area contributed by atoms with Gasteiger partial charge >= 0.3 is 8.18 Å². The van der Waals surface area contributed by atoms with Gasteiger partial charge in [-0.25, -0.2) is 0 Å². The van der Waals surface area contributed by atoms with Gasteiger partial charge < -0.3 is 10.3 Å². The van der Waals surface area contributed by atoms with E-state index in [1.165, 1.54) is 5.12 Å². The molecule has 2 aliphatic rings. The summed E-state index contributed by atoms with van der Waals surface area (Å²) in [5.74, 6) is 0. The van der Waals surface area contributed by atoms with Crippen LogP contribution in [0.5, 0.6) is 0 Å². The molecule has 9 heteroatoms. The van der Waals surface area contributed by atoms with E-state index in [1.54, 1.807) is 5.12 Å². The van der Waals surface area contributed by atoms with Crippen molar-refractivity contribution < 1.29 is 9.46 Å². The predicted molar refractivity (Wildman–Crippen MR) is 77.7 cm³/mol. The van der Waals surface area contributed by atoms with Crippen LogP contribution < -0.4 is 31.5 Å². The summed E-state index contributed by atoms with van der Waals surface area (Å²) < 4.78 is 11.5. The lowest BCUT2D eigenvalue weighted by molar-refractivity contribution is -0.175. The number of nitrogens with one attached hydrogen (secondary N) is 3. The van der Waals surface area contributed by atoms with E-state index >= 15 is 0 Å². The summed E-state index contributed by atoms with van der Waals surface area (Å²) in [5, 5.41) is 3.14. The maximum absolute atomic E-state index is 11.5. The second-order valence-electron chi connectivity index (χ2n) is 4.51. The number of rotatable bonds is 2. The average Bonchev–Trinajstić information content (AvgIpc) is 3.07. The van der Waals surface area contributed by atoms with E-state index < -0.39 is 8.18 Å². The van der Waals surface area contributed by atoms with E-state index in [0.717, 1.165) is 22.0 Å². The van der Waals surface area contributed by atoms with Crippen LogP contribution in [0.3, 0.4) is 0 Å². The monoisotopic (exact) mass is 302 g/mol. The largest absolute Gasteiger partial charge is 0.575 e. The van der Waals surface area contributed by atoms with Crippen molar-refractivity contribution in [2.24, 2.45) is 0 Å². The van der Waals surface area contributed by atoms with Gasteiger partial charge in [0.1, 0.15) is 16.3 Å². The number of hydrazine groups is 5. The summed E-state index contributed by atoms with van der Waals surface area (Å²) in [6, 6.07) is 14.9. The van der Waals surface area contributed by atoms with Gasteiger partial charge in [0.05, 0.1) is 11.4 Å². The molecule has 2 aromatic rings. The second-order valence-corrected chi connectivity index (χ2v) is 5.37. The van der Waals surface area contributed by atoms with Gasteiger partial charge in [0.15, 0.2) is 0 Å². The molecule has 106 valence electrons. The van der Waals surface area contributed by atoms with Crippen LogP contribution in [0.4, 0.5) is 22.7 Å². The molecule has 2 aromatic carbocycles. The lowest BCUT2D eigenvalue weighted by Crippen LogP contribution is -2.55. The number of hydrogen-bond donors (Lipinski definition) is 3. The minimum absolute atomic E-state index is 0.711. The molecular formula is C12H11N6O2P. The van der Waals surface area contributed by atoms with Gasteiger partial charge in [0, 0.05) is 0 Å². The van der Waals surface area contributed by atoms with Crippen LogP contribution in [0.2, 0.25) is 0 Å². The summed E-state index contributed by atoms with van der Waals surface area (Å²) in [6.45, 7) is 0. The van der Waals surface area contributed by atoms with Crippen molar-refractivity contribution in [3.63, 3.8) is 0 Å². The molecule has 0 aromatic heterocycles. The zero-order valence-corrected chi connectivity index (χ0v) is 11.6. The van der Waals surface area contributed by atoms with Crippen molar-refractivity contribution in [2.45, 2.75) is 0 Å². The molecule has 2 heterocycles. The highest BCUT2D eigenvalue weighted by Crippen LogP contribution is 2.42. The van der Waals surface area contributed by atoms with Crippen molar-refractivity contribution >= 4 is 30.9 Å². The Balaban J connectivity index is 1.81. The van der Waals surface area contributed by atoms with E-state index in [9.17, 15) is 9.46 Å². The molecule has 0 fully saturated rings. The first-order valence-corrected chi connectivity index (χ1v) is 7.39. The number of hydrogen-bond acceptors (Lipinski definition) is 7. The van der Waals surface area contributed by atoms with Crippen molar-refractivity contribution in [1.82, 2.24) is 10.4 Å². The highest BCUT2D eigenvalue weighted by atomic mass is 31.1. The predicted octanol–water partition coefficient (Wildman–Crippen LogP) is 1.33. The first kappa shape index (κ1) is 12.4. The number of anilines is 4. The Morgan fingerprint density at radius 1 is 0.952 bits per heavy atom. The Labute approximate surface area is 121 Å². The minimum atomic E-state index is -2.85. The highest BCUT2D eigenvalue weighted by Gasteiger charge is 2.42. The molecule has 2 aliphatic heterocycles. The molecule has 4 rings (SSSR count). The molecule has 8 nitrogen and oxygen atoms in total. The Kier molecular flexibility index (Phi) is 2.69. The zero-order chi connectivity index (χ0) is 14.4. The molecule has 0 spiro atoms. The Bertz CT molecular complexity index is 726. The summed E-state index contributed by atoms with van der Waals surface area (Å²) in [7, 11) is -2.85. The first-order valence-electron chi connectivity index (χ1n) is 6.26. The van der Waals surface area contributed by atoms with E-state index in [-0.39, 0.29) is 0 Å². The van der Waals surface area contributed by atoms with Crippen molar-refractivity contribution in [1.29, 1.82) is 0 Å². The van der Waals surface area contributed by atoms with Crippen molar-refractivity contribution in [3.8, 4) is 0 Å². The van der Waals surface area contributed by atoms with Gasteiger partial charge in [-0.3, -0.25) is 5.43 Å². The van der Waals surface area contributed by atoms with Gasteiger partial charge in [0.2, 0.25) is 0 Å². The number of nitrogens with zero attached hydrogens (tertiary/aromatic N) is 3. The fourth-order valence-electron chi connectivity index (χ4n) is 2.39. The average molecular weight is 302 g/mol. The SMILES string of the molecule is O=[P+]([O-])N1Nc2ccccc2N1N1NNc2ccccc21. The van der Waals surface area contributed by atoms with Crippen molar-refractivity contribution in [2.75, 3.05) is 21.1 Å². The lowest BCUT2D eigenvalue weighted by atomic mass is 10.2. The Morgan fingerprint density at radius 3 is 2.38 bits per heavy atom. The van der Waals surface area contributed by atoms with Gasteiger partial charge in [-0.05, 0) is 28.8 Å². The zero-order valence-electron chi connectivity index (χ0n) is 10.7. The summed E-state index contributed by atoms with van der Waals surface area (Å²) in [4.78, 5) is 12.6. The van der Waals surface area contributed by atoms with Crippen LogP contribution in [-0.2, 0) is 4.57 Å². The lowest BCUT2D eigenvalue weighted by Gasteiger charge is -2.30. The smallest absolute Gasteiger partial charge is 0.454 e. The molecule has 3 N–H and O–H groups in total. The fourth-order valence-corrected chi connectivity index (χ4v) is 2.89. The maximum Gasteiger partial charge on any atom is 0.454 e. The molecule has 1 atom stereocenters. The standard InChI is InChI=1S/C12H11N6O2P/c19-21(20)18-14-10-6-2-4-8-12(10)17(18)16-11-7-3-1-5-9(11)13-15-16/h1-8,13-15H. The molecule has 0 amide bonds. The van der Waals surface area contributed by atoms with E-state index in [1.807, 2.05) is 48.5 Å². The third kappa shape index (κ3) is 1.82. The molecule has 21 heavy (non-hydrogen) atoms. The van der Waals surface area contributed by atoms with Gasteiger partial charge in [-0.1, -0.05) is 24.3 Å². The van der Waals surface area contributed by atoms with Crippen LogP contribution in [0, 0.1) is 0 Å². The number of benzene rings is 2. The third-order valence-electron chi connectivity index (χ3n) is 3.29. The van der Waals surface area contributed by atoms with Gasteiger partial charge in [-0.15, -0.1) is 10.7 Å². The number of fused-ring (bicyclic) bond motifs is 2.